The zero-order chi connectivity index (χ0) is 13.5. The molecule has 0 bridgehead atoms. The van der Waals surface area contributed by atoms with Crippen molar-refractivity contribution < 1.29 is 24.9 Å². The molecule has 6 nitrogen and oxygen atoms in total. The highest BCUT2D eigenvalue weighted by Gasteiger charge is 2.24. The molecule has 0 spiro atoms. The van der Waals surface area contributed by atoms with Crippen LogP contribution in [0.3, 0.4) is 0 Å². The summed E-state index contributed by atoms with van der Waals surface area (Å²) in [4.78, 5) is 22.4. The summed E-state index contributed by atoms with van der Waals surface area (Å²) in [6.07, 6.45) is -1.53. The molecule has 1 amide bonds. The smallest absolute Gasteiger partial charge is 0.326 e. The van der Waals surface area contributed by atoms with E-state index in [-0.39, 0.29) is 13.0 Å². The molecule has 4 N–H and O–H groups in total. The third-order valence-corrected chi connectivity index (χ3v) is 2.40. The normalized spacial score (nSPS) is 13.7. The number of carbonyl (C=O) groups is 2. The van der Waals surface area contributed by atoms with Gasteiger partial charge in [0.15, 0.2) is 6.10 Å². The van der Waals surface area contributed by atoms with Crippen molar-refractivity contribution in [3.63, 3.8) is 0 Å². The van der Waals surface area contributed by atoms with E-state index < -0.39 is 24.0 Å². The van der Waals surface area contributed by atoms with Crippen LogP contribution in [0.4, 0.5) is 0 Å². The van der Waals surface area contributed by atoms with Crippen molar-refractivity contribution >= 4 is 11.9 Å². The summed E-state index contributed by atoms with van der Waals surface area (Å²) in [6.45, 7) is -0.362. The number of nitrogens with one attached hydrogen (secondary N) is 1. The van der Waals surface area contributed by atoms with Gasteiger partial charge in [0, 0.05) is 13.0 Å². The summed E-state index contributed by atoms with van der Waals surface area (Å²) in [5.74, 6) is -2.06. The van der Waals surface area contributed by atoms with E-state index in [2.05, 4.69) is 5.32 Å². The molecular weight excluding hydrogens is 238 g/mol. The van der Waals surface area contributed by atoms with Crippen LogP contribution in [-0.2, 0) is 9.59 Å². The molecule has 0 aliphatic heterocycles. The first-order chi connectivity index (χ1) is 8.56. The molecule has 0 aliphatic rings. The molecule has 1 aromatic carbocycles. The van der Waals surface area contributed by atoms with Crippen LogP contribution in [0.2, 0.25) is 0 Å². The average molecular weight is 253 g/mol. The Morgan fingerprint density at radius 2 is 1.83 bits per heavy atom. The average Bonchev–Trinajstić information content (AvgIpc) is 2.38. The molecule has 0 heterocycles. The van der Waals surface area contributed by atoms with E-state index >= 15 is 0 Å². The molecule has 1 unspecified atom stereocenters. The Bertz CT molecular complexity index is 406. The predicted molar refractivity (Wildman–Crippen MR) is 62.7 cm³/mol. The number of amides is 1. The number of rotatable bonds is 6. The molecule has 98 valence electrons. The van der Waals surface area contributed by atoms with E-state index in [1.54, 1.807) is 30.3 Å². The van der Waals surface area contributed by atoms with Crippen LogP contribution in [0.25, 0.3) is 0 Å². The number of hydrogen-bond donors (Lipinski definition) is 4. The minimum absolute atomic E-state index is 0.109. The lowest BCUT2D eigenvalue weighted by molar-refractivity contribution is -0.143. The van der Waals surface area contributed by atoms with Crippen molar-refractivity contribution in [2.45, 2.75) is 18.6 Å². The van der Waals surface area contributed by atoms with Gasteiger partial charge in [-0.3, -0.25) is 4.79 Å². The maximum Gasteiger partial charge on any atom is 0.326 e. The Morgan fingerprint density at radius 1 is 1.22 bits per heavy atom. The molecule has 0 saturated carbocycles. The van der Waals surface area contributed by atoms with Crippen molar-refractivity contribution in [2.24, 2.45) is 0 Å². The first kappa shape index (κ1) is 14.1. The van der Waals surface area contributed by atoms with Crippen LogP contribution in [-0.4, -0.2) is 39.8 Å². The molecule has 1 rings (SSSR count). The Kier molecular flexibility index (Phi) is 5.29. The molecule has 18 heavy (non-hydrogen) atoms. The lowest BCUT2D eigenvalue weighted by Crippen LogP contribution is -2.43. The fourth-order valence-corrected chi connectivity index (χ4v) is 1.42. The maximum atomic E-state index is 11.6. The van der Waals surface area contributed by atoms with Gasteiger partial charge in [-0.1, -0.05) is 30.3 Å². The second-order valence-corrected chi connectivity index (χ2v) is 3.72. The maximum absolute atomic E-state index is 11.6. The predicted octanol–water partition coefficient (Wildman–Crippen LogP) is -0.328. The van der Waals surface area contributed by atoms with Gasteiger partial charge in [-0.25, -0.2) is 4.79 Å². The molecule has 0 aliphatic carbocycles. The highest BCUT2D eigenvalue weighted by molar-refractivity contribution is 5.86. The molecule has 0 fully saturated rings. The van der Waals surface area contributed by atoms with Crippen molar-refractivity contribution in [1.29, 1.82) is 0 Å². The van der Waals surface area contributed by atoms with Gasteiger partial charge in [0.25, 0.3) is 5.91 Å². The van der Waals surface area contributed by atoms with E-state index in [9.17, 15) is 14.7 Å². The topological polar surface area (TPSA) is 107 Å². The van der Waals surface area contributed by atoms with Gasteiger partial charge in [-0.15, -0.1) is 0 Å². The zero-order valence-corrected chi connectivity index (χ0v) is 9.61. The first-order valence-electron chi connectivity index (χ1n) is 5.43. The third kappa shape index (κ3) is 3.83. The largest absolute Gasteiger partial charge is 0.480 e. The van der Waals surface area contributed by atoms with Gasteiger partial charge in [-0.05, 0) is 5.56 Å². The molecule has 0 radical (unpaired) electrons. The van der Waals surface area contributed by atoms with Gasteiger partial charge in [0.05, 0.1) is 0 Å². The van der Waals surface area contributed by atoms with E-state index in [1.807, 2.05) is 0 Å². The number of aliphatic hydroxyl groups is 2. The monoisotopic (exact) mass is 253 g/mol. The Labute approximate surface area is 104 Å². The van der Waals surface area contributed by atoms with Gasteiger partial charge in [0.2, 0.25) is 0 Å². The van der Waals surface area contributed by atoms with Gasteiger partial charge in [0.1, 0.15) is 6.04 Å². The van der Waals surface area contributed by atoms with E-state index in [1.165, 1.54) is 0 Å². The van der Waals surface area contributed by atoms with E-state index in [4.69, 9.17) is 10.2 Å². The van der Waals surface area contributed by atoms with Gasteiger partial charge >= 0.3 is 5.97 Å². The molecular formula is C12H15NO5. The van der Waals surface area contributed by atoms with Crippen molar-refractivity contribution in [2.75, 3.05) is 6.61 Å². The third-order valence-electron chi connectivity index (χ3n) is 2.40. The number of aliphatic carboxylic acids is 1. The summed E-state index contributed by atoms with van der Waals surface area (Å²) in [6, 6.07) is 6.97. The van der Waals surface area contributed by atoms with Crippen LogP contribution in [0.15, 0.2) is 30.3 Å². The number of benzene rings is 1. The van der Waals surface area contributed by atoms with Crippen molar-refractivity contribution in [3.8, 4) is 0 Å². The second kappa shape index (κ2) is 6.73. The Morgan fingerprint density at radius 3 is 2.33 bits per heavy atom. The Hall–Kier alpha value is -1.92. The second-order valence-electron chi connectivity index (χ2n) is 3.72. The fourth-order valence-electron chi connectivity index (χ4n) is 1.42. The fraction of sp³-hybridized carbons (Fsp3) is 0.333. The lowest BCUT2D eigenvalue weighted by Gasteiger charge is -2.16. The summed E-state index contributed by atoms with van der Waals surface area (Å²) in [7, 11) is 0. The highest BCUT2D eigenvalue weighted by Crippen LogP contribution is 2.12. The summed E-state index contributed by atoms with van der Waals surface area (Å²) in [5, 5.41) is 29.4. The van der Waals surface area contributed by atoms with E-state index in [0.29, 0.717) is 5.56 Å². The zero-order valence-electron chi connectivity index (χ0n) is 9.61. The number of aliphatic hydroxyl groups excluding tert-OH is 2. The van der Waals surface area contributed by atoms with Gasteiger partial charge < -0.3 is 20.6 Å². The number of carbonyl (C=O) groups excluding carboxylic acids is 1. The van der Waals surface area contributed by atoms with Crippen LogP contribution in [0.1, 0.15) is 18.1 Å². The Balaban J connectivity index is 2.67. The molecule has 1 aromatic rings. The summed E-state index contributed by atoms with van der Waals surface area (Å²) in [5.41, 5.74) is 0.378. The van der Waals surface area contributed by atoms with Crippen LogP contribution in [0, 0.1) is 0 Å². The highest BCUT2D eigenvalue weighted by atomic mass is 16.4. The molecule has 0 saturated heterocycles. The quantitative estimate of drug-likeness (QED) is 0.555. The van der Waals surface area contributed by atoms with E-state index in [0.717, 1.165) is 0 Å². The number of carboxylic acids is 1. The molecule has 0 aromatic heterocycles. The summed E-state index contributed by atoms with van der Waals surface area (Å²) < 4.78 is 0. The summed E-state index contributed by atoms with van der Waals surface area (Å²) >= 11 is 0. The van der Waals surface area contributed by atoms with Crippen LogP contribution in [0.5, 0.6) is 0 Å². The van der Waals surface area contributed by atoms with Crippen LogP contribution < -0.4 is 5.32 Å². The van der Waals surface area contributed by atoms with Crippen molar-refractivity contribution in [1.82, 2.24) is 5.32 Å². The van der Waals surface area contributed by atoms with Gasteiger partial charge in [-0.2, -0.15) is 0 Å². The van der Waals surface area contributed by atoms with Crippen molar-refractivity contribution in [3.05, 3.63) is 35.9 Å². The standard InChI is InChI=1S/C12H15NO5/c14-7-6-9(12(17)18)13-11(16)10(15)8-4-2-1-3-5-8/h1-5,9-10,14-15H,6-7H2,(H,13,16)(H,17,18)/t9-,10?/m0/s1. The van der Waals surface area contributed by atoms with Crippen LogP contribution >= 0.6 is 0 Å². The molecule has 6 heteroatoms. The lowest BCUT2D eigenvalue weighted by atomic mass is 10.1. The minimum atomic E-state index is -1.42. The minimum Gasteiger partial charge on any atom is -0.480 e. The number of hydrogen-bond acceptors (Lipinski definition) is 4. The SMILES string of the molecule is O=C(N[C@@H](CCO)C(=O)O)C(O)c1ccccc1. The molecule has 2 atom stereocenters. The number of carboxylic acid groups (broad SMARTS) is 1. The first-order valence-corrected chi connectivity index (χ1v) is 5.43.